The number of benzene rings is 2. The first-order valence-corrected chi connectivity index (χ1v) is 12.4. The minimum Gasteiger partial charge on any atom is -0.493 e. The van der Waals surface area contributed by atoms with E-state index in [2.05, 4.69) is 6.92 Å². The van der Waals surface area contributed by atoms with Crippen molar-refractivity contribution < 1.29 is 38.0 Å². The van der Waals surface area contributed by atoms with Gasteiger partial charge in [0.25, 0.3) is 0 Å². The first-order valence-electron chi connectivity index (χ1n) is 12.4. The Morgan fingerprint density at radius 2 is 1.27 bits per heavy atom. The highest BCUT2D eigenvalue weighted by Crippen LogP contribution is 2.56. The van der Waals surface area contributed by atoms with Gasteiger partial charge in [0, 0.05) is 29.9 Å². The number of methoxy groups -OCH3 is 6. The van der Waals surface area contributed by atoms with E-state index in [0.29, 0.717) is 53.8 Å². The predicted octanol–water partition coefficient (Wildman–Crippen LogP) is 5.49. The molecular formula is C29H40O8. The summed E-state index contributed by atoms with van der Waals surface area (Å²) < 4.78 is 40.9. The molecule has 0 aromatic heterocycles. The van der Waals surface area contributed by atoms with Crippen molar-refractivity contribution >= 4 is 5.97 Å². The van der Waals surface area contributed by atoms with Gasteiger partial charge in [0.05, 0.1) is 42.7 Å². The molecule has 0 heterocycles. The van der Waals surface area contributed by atoms with Crippen LogP contribution in [0.2, 0.25) is 0 Å². The van der Waals surface area contributed by atoms with Crippen molar-refractivity contribution in [1.82, 2.24) is 0 Å². The summed E-state index contributed by atoms with van der Waals surface area (Å²) in [7, 11) is 9.52. The minimum atomic E-state index is -0.802. The number of carbonyl (C=O) groups is 1. The van der Waals surface area contributed by atoms with E-state index < -0.39 is 5.60 Å². The van der Waals surface area contributed by atoms with E-state index in [1.165, 1.54) is 0 Å². The maximum Gasteiger partial charge on any atom is 0.306 e. The molecule has 2 aromatic carbocycles. The smallest absolute Gasteiger partial charge is 0.306 e. The topological polar surface area (TPSA) is 81.7 Å². The highest BCUT2D eigenvalue weighted by Gasteiger charge is 2.41. The quantitative estimate of drug-likeness (QED) is 0.405. The third-order valence-corrected chi connectivity index (χ3v) is 7.11. The van der Waals surface area contributed by atoms with Gasteiger partial charge in [0.15, 0.2) is 23.0 Å². The number of esters is 1. The minimum absolute atomic E-state index is 0.0441. The average Bonchev–Trinajstić information content (AvgIpc) is 2.85. The molecule has 3 rings (SSSR count). The van der Waals surface area contributed by atoms with Crippen LogP contribution in [0.1, 0.15) is 45.2 Å². The molecule has 0 aliphatic heterocycles. The highest BCUT2D eigenvalue weighted by molar-refractivity contribution is 5.88. The summed E-state index contributed by atoms with van der Waals surface area (Å²) in [4.78, 5) is 12.9. The fraction of sp³-hybridized carbons (Fsp3) is 0.552. The van der Waals surface area contributed by atoms with Crippen molar-refractivity contribution in [3.05, 3.63) is 23.3 Å². The maximum absolute atomic E-state index is 12.9. The van der Waals surface area contributed by atoms with Gasteiger partial charge in [0.2, 0.25) is 11.5 Å². The molecule has 0 radical (unpaired) electrons. The monoisotopic (exact) mass is 516 g/mol. The van der Waals surface area contributed by atoms with Crippen LogP contribution in [0.4, 0.5) is 0 Å². The number of hydrogen-bond acceptors (Lipinski definition) is 8. The van der Waals surface area contributed by atoms with Gasteiger partial charge in [0.1, 0.15) is 5.60 Å². The summed E-state index contributed by atoms with van der Waals surface area (Å²) in [5, 5.41) is 0. The van der Waals surface area contributed by atoms with Crippen LogP contribution in [0, 0.1) is 11.8 Å². The molecule has 1 aliphatic carbocycles. The van der Waals surface area contributed by atoms with Crippen LogP contribution >= 0.6 is 0 Å². The summed E-state index contributed by atoms with van der Waals surface area (Å²) >= 11 is 0. The fourth-order valence-electron chi connectivity index (χ4n) is 5.13. The van der Waals surface area contributed by atoms with Gasteiger partial charge in [-0.05, 0) is 42.5 Å². The first-order chi connectivity index (χ1) is 17.6. The van der Waals surface area contributed by atoms with Crippen LogP contribution < -0.4 is 28.4 Å². The average molecular weight is 517 g/mol. The second-order valence-corrected chi connectivity index (χ2v) is 10.0. The number of carbonyl (C=O) groups excluding carboxylic acids is 1. The summed E-state index contributed by atoms with van der Waals surface area (Å²) in [5.74, 6) is 2.95. The molecular weight excluding hydrogens is 476 g/mol. The normalized spacial score (nSPS) is 18.6. The molecule has 0 bridgehead atoms. The van der Waals surface area contributed by atoms with Gasteiger partial charge >= 0.3 is 5.97 Å². The molecule has 8 nitrogen and oxygen atoms in total. The third-order valence-electron chi connectivity index (χ3n) is 7.11. The van der Waals surface area contributed by atoms with Crippen LogP contribution in [-0.4, -0.2) is 54.2 Å². The Hall–Kier alpha value is -3.29. The lowest BCUT2D eigenvalue weighted by molar-refractivity contribution is -0.164. The summed E-state index contributed by atoms with van der Waals surface area (Å²) in [6.07, 6.45) is 1.37. The largest absolute Gasteiger partial charge is 0.493 e. The number of fused-ring (bicyclic) bond motifs is 3. The van der Waals surface area contributed by atoms with Gasteiger partial charge in [-0.25, -0.2) is 0 Å². The van der Waals surface area contributed by atoms with Gasteiger partial charge in [-0.3, -0.25) is 4.79 Å². The van der Waals surface area contributed by atoms with Crippen molar-refractivity contribution in [2.24, 2.45) is 11.8 Å². The van der Waals surface area contributed by atoms with E-state index in [9.17, 15) is 4.79 Å². The second-order valence-electron chi connectivity index (χ2n) is 10.0. The lowest BCUT2D eigenvalue weighted by atomic mass is 9.74. The zero-order chi connectivity index (χ0) is 27.5. The molecule has 0 N–H and O–H groups in total. The molecule has 0 unspecified atom stereocenters. The zero-order valence-corrected chi connectivity index (χ0v) is 23.7. The highest BCUT2D eigenvalue weighted by atomic mass is 16.6. The summed E-state index contributed by atoms with van der Waals surface area (Å²) in [6, 6.07) is 3.87. The van der Waals surface area contributed by atoms with Crippen LogP contribution in [0.3, 0.4) is 0 Å². The Balaban J connectivity index is 2.43. The van der Waals surface area contributed by atoms with E-state index in [0.717, 1.165) is 22.3 Å². The molecule has 1 aliphatic rings. The molecule has 37 heavy (non-hydrogen) atoms. The summed E-state index contributed by atoms with van der Waals surface area (Å²) in [6.45, 7) is 8.10. The Bertz CT molecular complexity index is 1140. The molecule has 0 amide bonds. The van der Waals surface area contributed by atoms with E-state index >= 15 is 0 Å². The molecule has 2 atom stereocenters. The lowest BCUT2D eigenvalue weighted by Crippen LogP contribution is -2.42. The SMILES string of the molecule is COc1cc2c(c(OC)c1OC)-c1c(cc(OC)c(OC)c1OC)C[C@](C)(OC(=O)CC(C)C)[C@@H](C)C2. The summed E-state index contributed by atoms with van der Waals surface area (Å²) in [5.41, 5.74) is 2.59. The van der Waals surface area contributed by atoms with Crippen LogP contribution in [0.5, 0.6) is 34.5 Å². The Labute approximate surface area is 220 Å². The molecule has 0 saturated heterocycles. The Morgan fingerprint density at radius 3 is 1.70 bits per heavy atom. The fourth-order valence-corrected chi connectivity index (χ4v) is 5.13. The molecule has 0 saturated carbocycles. The van der Waals surface area contributed by atoms with E-state index in [1.54, 1.807) is 42.7 Å². The van der Waals surface area contributed by atoms with Crippen LogP contribution in [0.25, 0.3) is 11.1 Å². The number of rotatable bonds is 9. The second kappa shape index (κ2) is 11.4. The Morgan fingerprint density at radius 1 is 0.811 bits per heavy atom. The molecule has 2 aromatic rings. The molecule has 204 valence electrons. The van der Waals surface area contributed by atoms with Gasteiger partial charge < -0.3 is 33.2 Å². The molecule has 0 fully saturated rings. The standard InChI is InChI=1S/C29H40O8/c1-16(2)11-22(30)37-29(4)15-19-14-21(32-6)26(34-8)28(36-10)24(19)23-18(12-17(29)3)13-20(31-5)25(33-7)27(23)35-9/h13-14,16-17H,11-12,15H2,1-10H3/t17-,29-/m0/s1. The predicted molar refractivity (Wildman–Crippen MR) is 142 cm³/mol. The van der Waals surface area contributed by atoms with Crippen molar-refractivity contribution in [1.29, 1.82) is 0 Å². The first kappa shape index (κ1) is 28.3. The van der Waals surface area contributed by atoms with Crippen molar-refractivity contribution in [3.63, 3.8) is 0 Å². The number of hydrogen-bond donors (Lipinski definition) is 0. The lowest BCUT2D eigenvalue weighted by Gasteiger charge is -2.39. The number of ether oxygens (including phenoxy) is 7. The van der Waals surface area contributed by atoms with Gasteiger partial charge in [-0.2, -0.15) is 0 Å². The molecule has 0 spiro atoms. The van der Waals surface area contributed by atoms with Crippen LogP contribution in [0.15, 0.2) is 12.1 Å². The van der Waals surface area contributed by atoms with Crippen molar-refractivity contribution in [3.8, 4) is 45.6 Å². The van der Waals surface area contributed by atoms with E-state index in [-0.39, 0.29) is 17.8 Å². The third kappa shape index (κ3) is 5.24. The van der Waals surface area contributed by atoms with E-state index in [4.69, 9.17) is 33.2 Å². The Kier molecular flexibility index (Phi) is 8.72. The van der Waals surface area contributed by atoms with Gasteiger partial charge in [-0.1, -0.05) is 20.8 Å². The van der Waals surface area contributed by atoms with Crippen LogP contribution in [-0.2, 0) is 22.4 Å². The maximum atomic E-state index is 12.9. The zero-order valence-electron chi connectivity index (χ0n) is 23.7. The van der Waals surface area contributed by atoms with E-state index in [1.807, 2.05) is 32.9 Å². The van der Waals surface area contributed by atoms with Gasteiger partial charge in [-0.15, -0.1) is 0 Å². The van der Waals surface area contributed by atoms with Crippen molar-refractivity contribution in [2.75, 3.05) is 42.7 Å². The molecule has 8 heteroatoms. The van der Waals surface area contributed by atoms with Crippen molar-refractivity contribution in [2.45, 2.75) is 52.6 Å².